The van der Waals surface area contributed by atoms with E-state index in [0.29, 0.717) is 25.2 Å². The first-order valence-electron chi connectivity index (χ1n) is 10.5. The predicted molar refractivity (Wildman–Crippen MR) is 111 cm³/mol. The molecule has 1 aromatic heterocycles. The van der Waals surface area contributed by atoms with Crippen molar-refractivity contribution in [3.63, 3.8) is 0 Å². The molecule has 10 heteroatoms. The molecule has 3 fully saturated rings. The van der Waals surface area contributed by atoms with E-state index in [4.69, 9.17) is 4.74 Å². The first-order chi connectivity index (χ1) is 14.9. The summed E-state index contributed by atoms with van der Waals surface area (Å²) in [6.07, 6.45) is 4.83. The third-order valence-corrected chi connectivity index (χ3v) is 6.75. The normalized spacial score (nSPS) is 23.2. The molecule has 164 valence electrons. The first-order valence-corrected chi connectivity index (χ1v) is 10.5. The number of nitrogens with zero attached hydrogens (tertiary/aromatic N) is 4. The number of aromatic carboxylic acids is 1. The van der Waals surface area contributed by atoms with Crippen molar-refractivity contribution in [1.82, 2.24) is 9.58 Å². The topological polar surface area (TPSA) is 104 Å². The highest BCUT2D eigenvalue weighted by Crippen LogP contribution is 2.45. The summed E-state index contributed by atoms with van der Waals surface area (Å²) in [4.78, 5) is 37.5. The fourth-order valence-electron chi connectivity index (χ4n) is 5.16. The molecule has 2 saturated heterocycles. The van der Waals surface area contributed by atoms with Gasteiger partial charge in [0.25, 0.3) is 0 Å². The van der Waals surface area contributed by atoms with Crippen molar-refractivity contribution in [2.75, 3.05) is 31.6 Å². The summed E-state index contributed by atoms with van der Waals surface area (Å²) in [6.45, 7) is 1.57. The minimum atomic E-state index is -1.34. The molecule has 1 N–H and O–H groups in total. The molecule has 0 spiro atoms. The van der Waals surface area contributed by atoms with E-state index in [-0.39, 0.29) is 40.4 Å². The molecule has 0 unspecified atom stereocenters. The number of rotatable bonds is 5. The van der Waals surface area contributed by atoms with E-state index in [1.165, 1.54) is 13.3 Å². The van der Waals surface area contributed by atoms with Crippen LogP contribution in [-0.2, 0) is 0 Å². The number of methoxy groups -OCH3 is 1. The Morgan fingerprint density at radius 3 is 2.71 bits per heavy atom. The van der Waals surface area contributed by atoms with Gasteiger partial charge in [0, 0.05) is 37.8 Å². The van der Waals surface area contributed by atoms with Gasteiger partial charge in [-0.15, -0.1) is 4.91 Å². The third-order valence-electron chi connectivity index (χ3n) is 6.75. The molecule has 3 heterocycles. The van der Waals surface area contributed by atoms with Gasteiger partial charge in [-0.3, -0.25) is 9.80 Å². The van der Waals surface area contributed by atoms with Crippen LogP contribution in [0.15, 0.2) is 22.3 Å². The number of halogens is 1. The SMILES string of the molecule is COc1c(N2C[C@@H]3CCCN(N=O)[C@@H]3C2)c(F)cc2c(=O)c(C(=O)O)cn(C3CC3)c12. The van der Waals surface area contributed by atoms with Gasteiger partial charge in [0.05, 0.1) is 29.3 Å². The molecule has 9 nitrogen and oxygen atoms in total. The van der Waals surface area contributed by atoms with Crippen molar-refractivity contribution in [3.05, 3.63) is 38.8 Å². The molecule has 2 aliphatic heterocycles. The van der Waals surface area contributed by atoms with Crippen LogP contribution in [0.5, 0.6) is 5.75 Å². The first kappa shape index (κ1) is 19.8. The average Bonchev–Trinajstić information content (AvgIpc) is 3.50. The number of aromatic nitrogens is 1. The number of anilines is 1. The van der Waals surface area contributed by atoms with Crippen LogP contribution in [0, 0.1) is 16.6 Å². The Labute approximate surface area is 176 Å². The maximum Gasteiger partial charge on any atom is 0.341 e. The molecule has 2 atom stereocenters. The van der Waals surface area contributed by atoms with Crippen molar-refractivity contribution in [2.45, 2.75) is 37.8 Å². The summed E-state index contributed by atoms with van der Waals surface area (Å²) in [5.74, 6) is -1.57. The lowest BCUT2D eigenvalue weighted by Gasteiger charge is -2.31. The molecular formula is C21H23FN4O5. The van der Waals surface area contributed by atoms with Gasteiger partial charge >= 0.3 is 5.97 Å². The Kier molecular flexibility index (Phi) is 4.60. The van der Waals surface area contributed by atoms with E-state index in [2.05, 4.69) is 5.29 Å². The van der Waals surface area contributed by atoms with Gasteiger partial charge < -0.3 is 19.3 Å². The van der Waals surface area contributed by atoms with Crippen molar-refractivity contribution in [2.24, 2.45) is 11.2 Å². The van der Waals surface area contributed by atoms with Crippen LogP contribution in [0.25, 0.3) is 10.9 Å². The van der Waals surface area contributed by atoms with Gasteiger partial charge in [-0.25, -0.2) is 9.18 Å². The highest BCUT2D eigenvalue weighted by atomic mass is 19.1. The van der Waals surface area contributed by atoms with E-state index in [9.17, 15) is 19.6 Å². The van der Waals surface area contributed by atoms with E-state index in [0.717, 1.165) is 31.7 Å². The number of pyridine rings is 1. The number of carbonyl (C=O) groups is 1. The van der Waals surface area contributed by atoms with Crippen LogP contribution >= 0.6 is 0 Å². The smallest absolute Gasteiger partial charge is 0.341 e. The van der Waals surface area contributed by atoms with Crippen molar-refractivity contribution in [3.8, 4) is 5.75 Å². The highest BCUT2D eigenvalue weighted by Gasteiger charge is 2.42. The summed E-state index contributed by atoms with van der Waals surface area (Å²) in [5, 5.41) is 14.1. The second-order valence-corrected chi connectivity index (χ2v) is 8.57. The van der Waals surface area contributed by atoms with Gasteiger partial charge in [-0.05, 0) is 31.7 Å². The Morgan fingerprint density at radius 1 is 1.29 bits per heavy atom. The number of carboxylic acids is 1. The fourth-order valence-corrected chi connectivity index (χ4v) is 5.16. The van der Waals surface area contributed by atoms with Gasteiger partial charge in [-0.2, -0.15) is 0 Å². The van der Waals surface area contributed by atoms with E-state index in [1.807, 2.05) is 4.90 Å². The van der Waals surface area contributed by atoms with Gasteiger partial charge in [-0.1, -0.05) is 0 Å². The van der Waals surface area contributed by atoms with Crippen LogP contribution in [0.3, 0.4) is 0 Å². The van der Waals surface area contributed by atoms with E-state index >= 15 is 4.39 Å². The lowest BCUT2D eigenvalue weighted by atomic mass is 9.93. The van der Waals surface area contributed by atoms with Crippen molar-refractivity contribution >= 4 is 22.6 Å². The molecule has 5 rings (SSSR count). The van der Waals surface area contributed by atoms with Crippen molar-refractivity contribution in [1.29, 1.82) is 0 Å². The summed E-state index contributed by atoms with van der Waals surface area (Å²) in [6, 6.07) is 1.08. The summed E-state index contributed by atoms with van der Waals surface area (Å²) >= 11 is 0. The molecule has 0 radical (unpaired) electrons. The predicted octanol–water partition coefficient (Wildman–Crippen LogP) is 2.76. The Hall–Kier alpha value is -3.17. The summed E-state index contributed by atoms with van der Waals surface area (Å²) in [5.41, 5.74) is -0.452. The lowest BCUT2D eigenvalue weighted by Crippen LogP contribution is -2.41. The minimum Gasteiger partial charge on any atom is -0.492 e. The van der Waals surface area contributed by atoms with E-state index in [1.54, 1.807) is 9.58 Å². The number of hydrogen-bond donors (Lipinski definition) is 1. The average molecular weight is 430 g/mol. The van der Waals surface area contributed by atoms with E-state index < -0.39 is 17.2 Å². The van der Waals surface area contributed by atoms with Gasteiger partial charge in [0.1, 0.15) is 11.3 Å². The number of ether oxygens (including phenoxy) is 1. The maximum absolute atomic E-state index is 15.4. The van der Waals surface area contributed by atoms with Gasteiger partial charge in [0.15, 0.2) is 11.6 Å². The molecule has 1 aliphatic carbocycles. The Morgan fingerprint density at radius 2 is 2.06 bits per heavy atom. The molecule has 0 bridgehead atoms. The van der Waals surface area contributed by atoms with Crippen LogP contribution in [-0.4, -0.2) is 53.4 Å². The Bertz CT molecular complexity index is 1150. The molecule has 1 saturated carbocycles. The molecule has 3 aliphatic rings. The molecule has 31 heavy (non-hydrogen) atoms. The lowest BCUT2D eigenvalue weighted by molar-refractivity contribution is 0.0695. The van der Waals surface area contributed by atoms with Gasteiger partial charge in [0.2, 0.25) is 5.43 Å². The standard InChI is InChI=1S/C21H23FN4O5/c1-31-20-17-13(19(27)14(21(28)29)9-25(17)12-4-5-12)7-15(22)18(20)24-8-11-3-2-6-26(23-30)16(11)10-24/h7,9,11-12,16H,2-6,8,10H2,1H3,(H,28,29)/t11-,16+/m0/s1. The number of benzene rings is 1. The number of hydrogen-bond acceptors (Lipinski definition) is 6. The van der Waals surface area contributed by atoms with Crippen LogP contribution in [0.1, 0.15) is 42.1 Å². The molecule has 0 amide bonds. The summed E-state index contributed by atoms with van der Waals surface area (Å²) < 4.78 is 22.8. The van der Waals surface area contributed by atoms with Crippen molar-refractivity contribution < 1.29 is 19.0 Å². The van der Waals surface area contributed by atoms with Crippen LogP contribution < -0.4 is 15.1 Å². The Balaban J connectivity index is 1.70. The highest BCUT2D eigenvalue weighted by molar-refractivity contribution is 5.97. The second-order valence-electron chi connectivity index (χ2n) is 8.57. The maximum atomic E-state index is 15.4. The molecule has 1 aromatic carbocycles. The zero-order valence-electron chi connectivity index (χ0n) is 17.1. The molecule has 2 aromatic rings. The zero-order chi connectivity index (χ0) is 21.9. The zero-order valence-corrected chi connectivity index (χ0v) is 17.1. The monoisotopic (exact) mass is 430 g/mol. The number of carboxylic acid groups (broad SMARTS) is 1. The minimum absolute atomic E-state index is 0.00213. The molecular weight excluding hydrogens is 407 g/mol. The third kappa shape index (κ3) is 3.03. The quantitative estimate of drug-likeness (QED) is 0.728. The fraction of sp³-hybridized carbons (Fsp3) is 0.524. The van der Waals surface area contributed by atoms with Crippen LogP contribution in [0.4, 0.5) is 10.1 Å². The summed E-state index contributed by atoms with van der Waals surface area (Å²) in [7, 11) is 1.42. The van der Waals surface area contributed by atoms with Crippen LogP contribution in [0.2, 0.25) is 0 Å². The number of fused-ring (bicyclic) bond motifs is 2. The number of nitroso groups, excluding NO2 is 1. The largest absolute Gasteiger partial charge is 0.492 e. The number of piperidine rings is 1. The second kappa shape index (κ2) is 7.21.